The van der Waals surface area contributed by atoms with Gasteiger partial charge in [0.25, 0.3) is 0 Å². The van der Waals surface area contributed by atoms with Crippen LogP contribution in [0.4, 0.5) is 4.39 Å². The van der Waals surface area contributed by atoms with Crippen molar-refractivity contribution in [2.75, 3.05) is 26.3 Å². The van der Waals surface area contributed by atoms with Crippen molar-refractivity contribution < 1.29 is 9.13 Å². The van der Waals surface area contributed by atoms with E-state index in [9.17, 15) is 4.39 Å². The molecule has 0 atom stereocenters. The smallest absolute Gasteiger partial charge is 0.188 e. The maximum Gasteiger partial charge on any atom is 0.188 e. The van der Waals surface area contributed by atoms with Crippen LogP contribution in [0.3, 0.4) is 0 Å². The van der Waals surface area contributed by atoms with Crippen LogP contribution in [0.5, 0.6) is 0 Å². The highest BCUT2D eigenvalue weighted by atomic mass is 127. The number of aliphatic imine (C=N–C) groups is 1. The van der Waals surface area contributed by atoms with Crippen LogP contribution in [0.1, 0.15) is 18.9 Å². The summed E-state index contributed by atoms with van der Waals surface area (Å²) in [6.07, 6.45) is 1.62. The molecule has 3 N–H and O–H groups in total. The van der Waals surface area contributed by atoms with Gasteiger partial charge in [-0.05, 0) is 53.4 Å². The van der Waals surface area contributed by atoms with Gasteiger partial charge >= 0.3 is 0 Å². The lowest BCUT2D eigenvalue weighted by Gasteiger charge is -2.06. The molecule has 0 amide bonds. The number of benzene rings is 1. The summed E-state index contributed by atoms with van der Waals surface area (Å²) in [5, 5.41) is 3.03. The van der Waals surface area contributed by atoms with E-state index in [1.165, 1.54) is 6.07 Å². The summed E-state index contributed by atoms with van der Waals surface area (Å²) in [6, 6.07) is 4.98. The molecule has 0 bridgehead atoms. The molecule has 0 aliphatic carbocycles. The zero-order chi connectivity index (χ0) is 14.8. The Morgan fingerprint density at radius 2 is 2.24 bits per heavy atom. The van der Waals surface area contributed by atoms with Gasteiger partial charge in [-0.2, -0.15) is 0 Å². The highest BCUT2D eigenvalue weighted by Gasteiger charge is 2.00. The van der Waals surface area contributed by atoms with Crippen molar-refractivity contribution >= 4 is 45.9 Å². The number of guanidine groups is 1. The summed E-state index contributed by atoms with van der Waals surface area (Å²) in [5.41, 5.74) is 6.77. The van der Waals surface area contributed by atoms with Crippen molar-refractivity contribution in [1.82, 2.24) is 5.32 Å². The van der Waals surface area contributed by atoms with Crippen LogP contribution in [0, 0.1) is 5.82 Å². The third-order valence-corrected chi connectivity index (χ3v) is 3.24. The Hall–Kier alpha value is -0.410. The van der Waals surface area contributed by atoms with Crippen LogP contribution < -0.4 is 11.1 Å². The third-order valence-electron chi connectivity index (χ3n) is 2.64. The first-order valence-corrected chi connectivity index (χ1v) is 7.48. The molecule has 0 fully saturated rings. The minimum Gasteiger partial charge on any atom is -0.382 e. The molecule has 1 rings (SSSR count). The van der Waals surface area contributed by atoms with Crippen molar-refractivity contribution in [3.63, 3.8) is 0 Å². The van der Waals surface area contributed by atoms with Gasteiger partial charge in [0, 0.05) is 26.3 Å². The summed E-state index contributed by atoms with van der Waals surface area (Å²) in [7, 11) is 0. The second kappa shape index (κ2) is 12.2. The van der Waals surface area contributed by atoms with Gasteiger partial charge in [0.1, 0.15) is 5.82 Å². The van der Waals surface area contributed by atoms with Crippen LogP contribution in [-0.4, -0.2) is 32.3 Å². The molecule has 0 spiro atoms. The number of nitrogens with two attached hydrogens (primary N) is 1. The van der Waals surface area contributed by atoms with E-state index in [4.69, 9.17) is 10.5 Å². The summed E-state index contributed by atoms with van der Waals surface area (Å²) in [6.45, 7) is 4.72. The Morgan fingerprint density at radius 1 is 1.48 bits per heavy atom. The van der Waals surface area contributed by atoms with Crippen molar-refractivity contribution in [1.29, 1.82) is 0 Å². The van der Waals surface area contributed by atoms with Crippen molar-refractivity contribution in [3.8, 4) is 0 Å². The van der Waals surface area contributed by atoms with Crippen molar-refractivity contribution in [2.45, 2.75) is 19.8 Å². The van der Waals surface area contributed by atoms with Crippen LogP contribution in [-0.2, 0) is 11.2 Å². The van der Waals surface area contributed by atoms with E-state index < -0.39 is 0 Å². The Kier molecular flexibility index (Phi) is 11.9. The van der Waals surface area contributed by atoms with E-state index in [0.29, 0.717) is 30.1 Å². The van der Waals surface area contributed by atoms with Crippen LogP contribution in [0.15, 0.2) is 27.7 Å². The largest absolute Gasteiger partial charge is 0.382 e. The molecule has 0 aliphatic rings. The number of rotatable bonds is 8. The van der Waals surface area contributed by atoms with Gasteiger partial charge in [0.05, 0.1) is 4.47 Å². The van der Waals surface area contributed by atoms with Crippen molar-refractivity contribution in [2.24, 2.45) is 10.7 Å². The minimum absolute atomic E-state index is 0. The number of ether oxygens (including phenoxy) is 1. The quantitative estimate of drug-likeness (QED) is 0.264. The number of hydrogen-bond donors (Lipinski definition) is 2. The zero-order valence-electron chi connectivity index (χ0n) is 12.1. The molecule has 0 saturated heterocycles. The summed E-state index contributed by atoms with van der Waals surface area (Å²) in [4.78, 5) is 4.19. The van der Waals surface area contributed by atoms with Crippen LogP contribution in [0.25, 0.3) is 0 Å². The fourth-order valence-electron chi connectivity index (χ4n) is 1.60. The van der Waals surface area contributed by atoms with E-state index in [1.54, 1.807) is 12.1 Å². The topological polar surface area (TPSA) is 59.6 Å². The summed E-state index contributed by atoms with van der Waals surface area (Å²) in [5.74, 6) is 0.180. The average molecular weight is 474 g/mol. The molecule has 0 aromatic heterocycles. The number of nitrogens with zero attached hydrogens (tertiary/aromatic N) is 1. The van der Waals surface area contributed by atoms with Gasteiger partial charge in [-0.1, -0.05) is 6.07 Å². The first kappa shape index (κ1) is 20.6. The van der Waals surface area contributed by atoms with Gasteiger partial charge < -0.3 is 15.8 Å². The van der Waals surface area contributed by atoms with E-state index in [0.717, 1.165) is 25.0 Å². The average Bonchev–Trinajstić information content (AvgIpc) is 2.42. The second-order valence-electron chi connectivity index (χ2n) is 4.24. The zero-order valence-corrected chi connectivity index (χ0v) is 16.0. The SMILES string of the molecule is CCOCCCN=C(N)NCCc1ccc(F)c(Br)c1.I. The summed E-state index contributed by atoms with van der Waals surface area (Å²) >= 11 is 3.17. The minimum atomic E-state index is -0.253. The monoisotopic (exact) mass is 473 g/mol. The van der Waals surface area contributed by atoms with Gasteiger partial charge in [0.15, 0.2) is 5.96 Å². The molecular formula is C14H22BrFIN3O. The second-order valence-corrected chi connectivity index (χ2v) is 5.10. The molecule has 0 radical (unpaired) electrons. The first-order chi connectivity index (χ1) is 9.63. The highest BCUT2D eigenvalue weighted by molar-refractivity contribution is 14.0. The van der Waals surface area contributed by atoms with Crippen LogP contribution in [0.2, 0.25) is 0 Å². The molecule has 0 unspecified atom stereocenters. The first-order valence-electron chi connectivity index (χ1n) is 6.69. The molecule has 1 aromatic carbocycles. The molecule has 7 heteroatoms. The third kappa shape index (κ3) is 9.26. The summed E-state index contributed by atoms with van der Waals surface area (Å²) < 4.78 is 18.8. The lowest BCUT2D eigenvalue weighted by molar-refractivity contribution is 0.146. The predicted octanol–water partition coefficient (Wildman–Crippen LogP) is 3.08. The number of hydrogen-bond acceptors (Lipinski definition) is 2. The van der Waals surface area contributed by atoms with E-state index in [2.05, 4.69) is 26.2 Å². The van der Waals surface area contributed by atoms with Crippen molar-refractivity contribution in [3.05, 3.63) is 34.1 Å². The van der Waals surface area contributed by atoms with Gasteiger partial charge in [0.2, 0.25) is 0 Å². The number of halogens is 3. The molecule has 0 saturated carbocycles. The molecular weight excluding hydrogens is 452 g/mol. The molecule has 1 aromatic rings. The maximum absolute atomic E-state index is 13.1. The fraction of sp³-hybridized carbons (Fsp3) is 0.500. The molecule has 0 heterocycles. The highest BCUT2D eigenvalue weighted by Crippen LogP contribution is 2.16. The Morgan fingerprint density at radius 3 is 2.90 bits per heavy atom. The maximum atomic E-state index is 13.1. The Labute approximate surface area is 150 Å². The molecule has 4 nitrogen and oxygen atoms in total. The standard InChI is InChI=1S/C14H21BrFN3O.HI/c1-2-20-9-3-7-18-14(17)19-8-6-11-4-5-13(16)12(15)10-11;/h4-5,10H,2-3,6-9H2,1H3,(H3,17,18,19);1H. The fourth-order valence-corrected chi connectivity index (χ4v) is 2.02. The predicted molar refractivity (Wildman–Crippen MR) is 98.8 cm³/mol. The molecule has 0 aliphatic heterocycles. The number of nitrogens with one attached hydrogen (secondary N) is 1. The van der Waals surface area contributed by atoms with Gasteiger partial charge in [-0.3, -0.25) is 4.99 Å². The van der Waals surface area contributed by atoms with Crippen LogP contribution >= 0.6 is 39.9 Å². The van der Waals surface area contributed by atoms with E-state index >= 15 is 0 Å². The lowest BCUT2D eigenvalue weighted by Crippen LogP contribution is -2.33. The van der Waals surface area contributed by atoms with Gasteiger partial charge in [-0.25, -0.2) is 4.39 Å². The normalized spacial score (nSPS) is 11.1. The lowest BCUT2D eigenvalue weighted by atomic mass is 10.1. The Bertz CT molecular complexity index is 446. The molecule has 120 valence electrons. The molecule has 21 heavy (non-hydrogen) atoms. The van der Waals surface area contributed by atoms with E-state index in [-0.39, 0.29) is 29.8 Å². The van der Waals surface area contributed by atoms with Gasteiger partial charge in [-0.15, -0.1) is 24.0 Å². The van der Waals surface area contributed by atoms with E-state index in [1.807, 2.05) is 6.92 Å². The Balaban J connectivity index is 0.00000400.